The predicted octanol–water partition coefficient (Wildman–Crippen LogP) is 1.35. The molecule has 1 atom stereocenters. The molecule has 0 spiro atoms. The highest BCUT2D eigenvalue weighted by Gasteiger charge is 2.23. The topological polar surface area (TPSA) is 40.1 Å². The van der Waals surface area contributed by atoms with Crippen LogP contribution in [0.4, 0.5) is 5.69 Å². The standard InChI is InChI=1S/C17H26N4O/c1-14-13-22-12-11-20(14)10-8-19-17(18-2)21-9-7-15-5-3-4-6-16(15)21/h3-6,14H,7-13H2,1-2H3,(H,18,19). The van der Waals surface area contributed by atoms with E-state index in [1.54, 1.807) is 0 Å². The molecule has 0 bridgehead atoms. The number of benzene rings is 1. The molecule has 5 heteroatoms. The highest BCUT2D eigenvalue weighted by molar-refractivity contribution is 5.97. The van der Waals surface area contributed by atoms with E-state index in [1.807, 2.05) is 7.05 Å². The van der Waals surface area contributed by atoms with Gasteiger partial charge in [0.25, 0.3) is 0 Å². The Morgan fingerprint density at radius 1 is 1.36 bits per heavy atom. The fourth-order valence-electron chi connectivity index (χ4n) is 3.26. The van der Waals surface area contributed by atoms with E-state index in [4.69, 9.17) is 4.74 Å². The Morgan fingerprint density at radius 2 is 2.23 bits per heavy atom. The molecule has 0 radical (unpaired) electrons. The number of hydrogen-bond donors (Lipinski definition) is 1. The lowest BCUT2D eigenvalue weighted by molar-refractivity contribution is 0.000891. The average Bonchev–Trinajstić information content (AvgIpc) is 2.97. The van der Waals surface area contributed by atoms with E-state index in [-0.39, 0.29) is 0 Å². The molecular formula is C17H26N4O. The molecule has 3 rings (SSSR count). The summed E-state index contributed by atoms with van der Waals surface area (Å²) in [6.45, 7) is 7.88. The van der Waals surface area contributed by atoms with Crippen LogP contribution in [0.1, 0.15) is 12.5 Å². The van der Waals surface area contributed by atoms with Crippen molar-refractivity contribution in [3.8, 4) is 0 Å². The van der Waals surface area contributed by atoms with Crippen molar-refractivity contribution in [3.05, 3.63) is 29.8 Å². The number of rotatable bonds is 3. The molecule has 2 aliphatic rings. The van der Waals surface area contributed by atoms with E-state index in [2.05, 4.69) is 51.3 Å². The fourth-order valence-corrected chi connectivity index (χ4v) is 3.26. The lowest BCUT2D eigenvalue weighted by Gasteiger charge is -2.33. The number of nitrogens with zero attached hydrogens (tertiary/aromatic N) is 3. The Balaban J connectivity index is 1.55. The van der Waals surface area contributed by atoms with Crippen molar-refractivity contribution in [2.45, 2.75) is 19.4 Å². The second kappa shape index (κ2) is 7.11. The number of aliphatic imine (C=N–C) groups is 1. The van der Waals surface area contributed by atoms with Crippen molar-refractivity contribution >= 4 is 11.6 Å². The van der Waals surface area contributed by atoms with Crippen LogP contribution in [-0.2, 0) is 11.2 Å². The minimum Gasteiger partial charge on any atom is -0.379 e. The number of nitrogens with one attached hydrogen (secondary N) is 1. The summed E-state index contributed by atoms with van der Waals surface area (Å²) >= 11 is 0. The van der Waals surface area contributed by atoms with E-state index in [1.165, 1.54) is 11.3 Å². The van der Waals surface area contributed by atoms with Crippen molar-refractivity contribution in [2.24, 2.45) is 4.99 Å². The summed E-state index contributed by atoms with van der Waals surface area (Å²) in [7, 11) is 1.86. The third-order valence-electron chi connectivity index (χ3n) is 4.54. The van der Waals surface area contributed by atoms with Crippen molar-refractivity contribution < 1.29 is 4.74 Å². The van der Waals surface area contributed by atoms with E-state index in [0.29, 0.717) is 6.04 Å². The maximum absolute atomic E-state index is 5.49. The highest BCUT2D eigenvalue weighted by atomic mass is 16.5. The van der Waals surface area contributed by atoms with Gasteiger partial charge in [0.15, 0.2) is 5.96 Å². The van der Waals surface area contributed by atoms with Crippen LogP contribution in [0.5, 0.6) is 0 Å². The molecule has 1 saturated heterocycles. The van der Waals surface area contributed by atoms with Gasteiger partial charge in [0, 0.05) is 45.0 Å². The molecule has 1 aromatic rings. The average molecular weight is 302 g/mol. The first-order valence-corrected chi connectivity index (χ1v) is 8.17. The molecule has 0 aromatic heterocycles. The number of fused-ring (bicyclic) bond motifs is 1. The van der Waals surface area contributed by atoms with Crippen LogP contribution in [0.25, 0.3) is 0 Å². The zero-order valence-electron chi connectivity index (χ0n) is 13.6. The summed E-state index contributed by atoms with van der Waals surface area (Å²) < 4.78 is 5.49. The van der Waals surface area contributed by atoms with Crippen molar-refractivity contribution in [3.63, 3.8) is 0 Å². The van der Waals surface area contributed by atoms with Crippen molar-refractivity contribution in [1.29, 1.82) is 0 Å². The molecule has 0 amide bonds. The molecule has 120 valence electrons. The summed E-state index contributed by atoms with van der Waals surface area (Å²) in [5, 5.41) is 3.51. The lowest BCUT2D eigenvalue weighted by Crippen LogP contribution is -2.48. The molecule has 1 aromatic carbocycles. The Morgan fingerprint density at radius 3 is 3.05 bits per heavy atom. The zero-order valence-corrected chi connectivity index (χ0v) is 13.6. The van der Waals surface area contributed by atoms with Gasteiger partial charge in [-0.05, 0) is 25.0 Å². The third-order valence-corrected chi connectivity index (χ3v) is 4.54. The van der Waals surface area contributed by atoms with E-state index < -0.39 is 0 Å². The van der Waals surface area contributed by atoms with Gasteiger partial charge in [0.1, 0.15) is 0 Å². The van der Waals surface area contributed by atoms with E-state index in [9.17, 15) is 0 Å². The second-order valence-electron chi connectivity index (χ2n) is 5.96. The summed E-state index contributed by atoms with van der Waals surface area (Å²) in [6, 6.07) is 9.10. The molecule has 2 aliphatic heterocycles. The summed E-state index contributed by atoms with van der Waals surface area (Å²) in [5.74, 6) is 0.978. The Kier molecular flexibility index (Phi) is 4.95. The van der Waals surface area contributed by atoms with Gasteiger partial charge in [0.2, 0.25) is 0 Å². The van der Waals surface area contributed by atoms with Gasteiger partial charge in [-0.25, -0.2) is 0 Å². The predicted molar refractivity (Wildman–Crippen MR) is 90.7 cm³/mol. The maximum atomic E-state index is 5.49. The van der Waals surface area contributed by atoms with E-state index >= 15 is 0 Å². The molecule has 0 saturated carbocycles. The Bertz CT molecular complexity index is 531. The number of anilines is 1. The van der Waals surface area contributed by atoms with Gasteiger partial charge in [-0.15, -0.1) is 0 Å². The number of ether oxygens (including phenoxy) is 1. The van der Waals surface area contributed by atoms with Gasteiger partial charge in [-0.2, -0.15) is 0 Å². The van der Waals surface area contributed by atoms with Crippen LogP contribution in [0.3, 0.4) is 0 Å². The first-order valence-electron chi connectivity index (χ1n) is 8.17. The first-order chi connectivity index (χ1) is 10.8. The Hall–Kier alpha value is -1.59. The monoisotopic (exact) mass is 302 g/mol. The number of morpholine rings is 1. The smallest absolute Gasteiger partial charge is 0.198 e. The number of para-hydroxylation sites is 1. The van der Waals surface area contributed by atoms with Gasteiger partial charge in [0.05, 0.1) is 13.2 Å². The summed E-state index contributed by atoms with van der Waals surface area (Å²) in [6.07, 6.45) is 1.09. The molecule has 1 unspecified atom stereocenters. The first kappa shape index (κ1) is 15.3. The number of hydrogen-bond acceptors (Lipinski definition) is 3. The van der Waals surface area contributed by atoms with Gasteiger partial charge < -0.3 is 15.0 Å². The van der Waals surface area contributed by atoms with Crippen LogP contribution in [0.2, 0.25) is 0 Å². The number of guanidine groups is 1. The molecular weight excluding hydrogens is 276 g/mol. The quantitative estimate of drug-likeness (QED) is 0.676. The molecule has 2 heterocycles. The maximum Gasteiger partial charge on any atom is 0.198 e. The van der Waals surface area contributed by atoms with Gasteiger partial charge in [-0.1, -0.05) is 18.2 Å². The SMILES string of the molecule is CN=C(NCCN1CCOCC1C)N1CCc2ccccc21. The normalized spacial score (nSPS) is 22.7. The fraction of sp³-hybridized carbons (Fsp3) is 0.588. The van der Waals surface area contributed by atoms with Crippen LogP contribution >= 0.6 is 0 Å². The Labute approximate surface area is 133 Å². The minimum atomic E-state index is 0.505. The molecule has 0 aliphatic carbocycles. The largest absolute Gasteiger partial charge is 0.379 e. The third kappa shape index (κ3) is 3.25. The summed E-state index contributed by atoms with van der Waals surface area (Å²) in [5.41, 5.74) is 2.70. The summed E-state index contributed by atoms with van der Waals surface area (Å²) in [4.78, 5) is 9.22. The van der Waals surface area contributed by atoms with Crippen LogP contribution in [0, 0.1) is 0 Å². The molecule has 1 fully saturated rings. The highest BCUT2D eigenvalue weighted by Crippen LogP contribution is 2.27. The van der Waals surface area contributed by atoms with Crippen LogP contribution < -0.4 is 10.2 Å². The van der Waals surface area contributed by atoms with Crippen LogP contribution in [-0.4, -0.2) is 63.3 Å². The molecule has 1 N–H and O–H groups in total. The van der Waals surface area contributed by atoms with E-state index in [0.717, 1.165) is 51.8 Å². The second-order valence-corrected chi connectivity index (χ2v) is 5.96. The van der Waals surface area contributed by atoms with Crippen molar-refractivity contribution in [1.82, 2.24) is 10.2 Å². The van der Waals surface area contributed by atoms with Crippen LogP contribution in [0.15, 0.2) is 29.3 Å². The van der Waals surface area contributed by atoms with Gasteiger partial charge >= 0.3 is 0 Å². The van der Waals surface area contributed by atoms with Gasteiger partial charge in [-0.3, -0.25) is 9.89 Å². The zero-order chi connectivity index (χ0) is 15.4. The van der Waals surface area contributed by atoms with Crippen molar-refractivity contribution in [2.75, 3.05) is 51.3 Å². The minimum absolute atomic E-state index is 0.505. The molecule has 22 heavy (non-hydrogen) atoms. The molecule has 5 nitrogen and oxygen atoms in total. The lowest BCUT2D eigenvalue weighted by atomic mass is 10.2.